The summed E-state index contributed by atoms with van der Waals surface area (Å²) in [6, 6.07) is 54.1. The molecule has 0 bridgehead atoms. The summed E-state index contributed by atoms with van der Waals surface area (Å²) in [7, 11) is 0. The van der Waals surface area contributed by atoms with Gasteiger partial charge in [-0.1, -0.05) is 135 Å². The van der Waals surface area contributed by atoms with E-state index >= 15 is 0 Å². The molecular formula is C43H30. The fourth-order valence-electron chi connectivity index (χ4n) is 7.65. The van der Waals surface area contributed by atoms with Gasteiger partial charge in [-0.15, -0.1) is 0 Å². The molecule has 8 aromatic carbocycles. The summed E-state index contributed by atoms with van der Waals surface area (Å²) in [4.78, 5) is 0. The van der Waals surface area contributed by atoms with Crippen LogP contribution in [0, 0.1) is 0 Å². The zero-order chi connectivity index (χ0) is 28.7. The second kappa shape index (κ2) is 8.90. The molecule has 0 heteroatoms. The minimum atomic E-state index is -0.101. The van der Waals surface area contributed by atoms with Gasteiger partial charge in [-0.3, -0.25) is 0 Å². The van der Waals surface area contributed by atoms with Crippen LogP contribution in [0.3, 0.4) is 0 Å². The second-order valence-electron chi connectivity index (χ2n) is 12.6. The molecule has 0 saturated carbocycles. The Labute approximate surface area is 251 Å². The predicted molar refractivity (Wildman–Crippen MR) is 185 cm³/mol. The van der Waals surface area contributed by atoms with Crippen molar-refractivity contribution in [3.05, 3.63) is 157 Å². The molecule has 0 atom stereocenters. The average molecular weight is 547 g/mol. The minimum Gasteiger partial charge on any atom is -0.0616 e. The number of fused-ring (bicyclic) bond motifs is 9. The van der Waals surface area contributed by atoms with Gasteiger partial charge in [-0.25, -0.2) is 0 Å². The lowest BCUT2D eigenvalue weighted by Gasteiger charge is -2.24. The van der Waals surface area contributed by atoms with Crippen LogP contribution in [0.15, 0.2) is 146 Å². The SMILES string of the molecule is CC1(C)c2cc(-c3ccc4cc(-c5ccc6ccccc6c5)ccc4c3)c3ccccc3c2-c2ccc3ccccc3c21. The van der Waals surface area contributed by atoms with Crippen molar-refractivity contribution in [2.75, 3.05) is 0 Å². The minimum absolute atomic E-state index is 0.101. The highest BCUT2D eigenvalue weighted by Crippen LogP contribution is 2.55. The van der Waals surface area contributed by atoms with Crippen LogP contribution in [-0.2, 0) is 5.41 Å². The fourth-order valence-corrected chi connectivity index (χ4v) is 7.65. The number of hydrogen-bond acceptors (Lipinski definition) is 0. The van der Waals surface area contributed by atoms with E-state index in [0.29, 0.717) is 0 Å². The summed E-state index contributed by atoms with van der Waals surface area (Å²) in [5, 5.41) is 10.4. The van der Waals surface area contributed by atoms with E-state index in [4.69, 9.17) is 0 Å². The molecule has 0 unspecified atom stereocenters. The van der Waals surface area contributed by atoms with Crippen molar-refractivity contribution in [2.45, 2.75) is 19.3 Å². The lowest BCUT2D eigenvalue weighted by Crippen LogP contribution is -2.15. The molecule has 0 fully saturated rings. The molecule has 0 saturated heterocycles. The monoisotopic (exact) mass is 546 g/mol. The largest absolute Gasteiger partial charge is 0.0616 e. The Balaban J connectivity index is 1.21. The van der Waals surface area contributed by atoms with Gasteiger partial charge in [0, 0.05) is 5.41 Å². The standard InChI is InChI=1S/C43H30/c1-43(2)40-26-39(36-13-7-8-14-37(36)41(40)38-22-21-28-10-5-6-12-35(28)42(38)43)34-20-19-32-24-31(17-18-33(32)25-34)30-16-15-27-9-3-4-11-29(27)23-30/h3-26H,1-2H3. The Morgan fingerprint density at radius 2 is 0.884 bits per heavy atom. The molecule has 9 rings (SSSR count). The number of hydrogen-bond donors (Lipinski definition) is 0. The molecule has 8 aromatic rings. The van der Waals surface area contributed by atoms with Gasteiger partial charge >= 0.3 is 0 Å². The summed E-state index contributed by atoms with van der Waals surface area (Å²) in [6.07, 6.45) is 0. The maximum Gasteiger partial charge on any atom is 0.0165 e. The van der Waals surface area contributed by atoms with Gasteiger partial charge in [-0.2, -0.15) is 0 Å². The quantitative estimate of drug-likeness (QED) is 0.202. The number of rotatable bonds is 2. The van der Waals surface area contributed by atoms with Crippen LogP contribution in [0.1, 0.15) is 25.0 Å². The van der Waals surface area contributed by atoms with Gasteiger partial charge in [0.1, 0.15) is 0 Å². The molecule has 0 N–H and O–H groups in total. The summed E-state index contributed by atoms with van der Waals surface area (Å²) in [5.41, 5.74) is 10.6. The van der Waals surface area contributed by atoms with Gasteiger partial charge < -0.3 is 0 Å². The normalized spacial score (nSPS) is 13.5. The first kappa shape index (κ1) is 24.4. The first-order valence-electron chi connectivity index (χ1n) is 15.2. The maximum atomic E-state index is 2.48. The predicted octanol–water partition coefficient (Wildman–Crippen LogP) is 11.9. The van der Waals surface area contributed by atoms with Crippen LogP contribution in [0.25, 0.3) is 76.5 Å². The first-order valence-corrected chi connectivity index (χ1v) is 15.2. The third-order valence-electron chi connectivity index (χ3n) is 9.78. The number of benzene rings is 8. The molecule has 202 valence electrons. The molecular weight excluding hydrogens is 516 g/mol. The Morgan fingerprint density at radius 3 is 1.63 bits per heavy atom. The molecule has 0 amide bonds. The molecule has 1 aliphatic carbocycles. The molecule has 0 aliphatic heterocycles. The van der Waals surface area contributed by atoms with Crippen molar-refractivity contribution in [3.8, 4) is 33.4 Å². The highest BCUT2D eigenvalue weighted by atomic mass is 14.4. The zero-order valence-corrected chi connectivity index (χ0v) is 24.4. The molecule has 0 aromatic heterocycles. The Morgan fingerprint density at radius 1 is 0.372 bits per heavy atom. The summed E-state index contributed by atoms with van der Waals surface area (Å²) >= 11 is 0. The van der Waals surface area contributed by atoms with E-state index in [1.54, 1.807) is 0 Å². The van der Waals surface area contributed by atoms with Crippen LogP contribution < -0.4 is 0 Å². The smallest absolute Gasteiger partial charge is 0.0165 e. The van der Waals surface area contributed by atoms with E-state index in [2.05, 4.69) is 159 Å². The van der Waals surface area contributed by atoms with E-state index in [9.17, 15) is 0 Å². The summed E-state index contributed by atoms with van der Waals surface area (Å²) in [5.74, 6) is 0. The zero-order valence-electron chi connectivity index (χ0n) is 24.4. The average Bonchev–Trinajstić information content (AvgIpc) is 3.30. The highest BCUT2D eigenvalue weighted by molar-refractivity contribution is 6.12. The Bertz CT molecular complexity index is 2420. The molecule has 1 aliphatic rings. The third kappa shape index (κ3) is 3.57. The molecule has 0 radical (unpaired) electrons. The van der Waals surface area contributed by atoms with Crippen LogP contribution in [0.5, 0.6) is 0 Å². The van der Waals surface area contributed by atoms with Crippen molar-refractivity contribution < 1.29 is 0 Å². The molecule has 0 heterocycles. The molecule has 0 spiro atoms. The van der Waals surface area contributed by atoms with Gasteiger partial charge in [0.25, 0.3) is 0 Å². The van der Waals surface area contributed by atoms with Crippen LogP contribution in [0.2, 0.25) is 0 Å². The van der Waals surface area contributed by atoms with Crippen molar-refractivity contribution >= 4 is 43.1 Å². The first-order chi connectivity index (χ1) is 21.1. The van der Waals surface area contributed by atoms with Crippen LogP contribution in [-0.4, -0.2) is 0 Å². The van der Waals surface area contributed by atoms with Crippen molar-refractivity contribution in [1.29, 1.82) is 0 Å². The lowest BCUT2D eigenvalue weighted by atomic mass is 9.79. The highest BCUT2D eigenvalue weighted by Gasteiger charge is 2.38. The van der Waals surface area contributed by atoms with E-state index < -0.39 is 0 Å². The molecule has 0 nitrogen and oxygen atoms in total. The summed E-state index contributed by atoms with van der Waals surface area (Å²) in [6.45, 7) is 4.80. The Kier molecular flexibility index (Phi) is 5.05. The second-order valence-corrected chi connectivity index (χ2v) is 12.6. The van der Waals surface area contributed by atoms with Gasteiger partial charge in [0.2, 0.25) is 0 Å². The van der Waals surface area contributed by atoms with Crippen LogP contribution in [0.4, 0.5) is 0 Å². The van der Waals surface area contributed by atoms with E-state index in [1.165, 1.54) is 87.6 Å². The third-order valence-corrected chi connectivity index (χ3v) is 9.78. The van der Waals surface area contributed by atoms with Gasteiger partial charge in [0.05, 0.1) is 0 Å². The van der Waals surface area contributed by atoms with Crippen molar-refractivity contribution in [1.82, 2.24) is 0 Å². The maximum absolute atomic E-state index is 2.48. The lowest BCUT2D eigenvalue weighted by molar-refractivity contribution is 0.667. The van der Waals surface area contributed by atoms with Gasteiger partial charge in [-0.05, 0) is 112 Å². The van der Waals surface area contributed by atoms with Crippen molar-refractivity contribution in [3.63, 3.8) is 0 Å². The summed E-state index contributed by atoms with van der Waals surface area (Å²) < 4.78 is 0. The fraction of sp³-hybridized carbons (Fsp3) is 0.0698. The van der Waals surface area contributed by atoms with Crippen molar-refractivity contribution in [2.24, 2.45) is 0 Å². The molecule has 43 heavy (non-hydrogen) atoms. The van der Waals surface area contributed by atoms with E-state index in [0.717, 1.165) is 0 Å². The Hall–Kier alpha value is -5.20. The topological polar surface area (TPSA) is 0 Å². The van der Waals surface area contributed by atoms with E-state index in [1.807, 2.05) is 0 Å². The van der Waals surface area contributed by atoms with E-state index in [-0.39, 0.29) is 5.41 Å². The van der Waals surface area contributed by atoms with Gasteiger partial charge in [0.15, 0.2) is 0 Å². The van der Waals surface area contributed by atoms with Crippen LogP contribution >= 0.6 is 0 Å².